The maximum Gasteiger partial charge on any atom is 0.410 e. The molecule has 2 amide bonds. The highest BCUT2D eigenvalue weighted by molar-refractivity contribution is 7.15. The molecular formula is C21H27N3O3S. The molecule has 0 radical (unpaired) electrons. The van der Waals surface area contributed by atoms with Gasteiger partial charge in [0, 0.05) is 23.4 Å². The number of amides is 2. The number of nitrogens with zero attached hydrogens (tertiary/aromatic N) is 2. The summed E-state index contributed by atoms with van der Waals surface area (Å²) in [5, 5.41) is 3.44. The summed E-state index contributed by atoms with van der Waals surface area (Å²) in [7, 11) is 0. The highest BCUT2D eigenvalue weighted by atomic mass is 32.1. The highest BCUT2D eigenvalue weighted by Crippen LogP contribution is 2.29. The Hall–Kier alpha value is -2.41. The lowest BCUT2D eigenvalue weighted by Crippen LogP contribution is -2.39. The van der Waals surface area contributed by atoms with Crippen molar-refractivity contribution in [1.29, 1.82) is 0 Å². The molecule has 28 heavy (non-hydrogen) atoms. The molecule has 0 saturated heterocycles. The molecule has 1 N–H and O–H groups in total. The fraction of sp³-hybridized carbons (Fsp3) is 0.476. The molecule has 0 atom stereocenters. The minimum Gasteiger partial charge on any atom is -0.444 e. The fourth-order valence-electron chi connectivity index (χ4n) is 2.92. The van der Waals surface area contributed by atoms with Crippen LogP contribution in [0.3, 0.4) is 0 Å². The number of benzene rings is 1. The maximum atomic E-state index is 12.5. The summed E-state index contributed by atoms with van der Waals surface area (Å²) in [4.78, 5) is 32.0. The molecule has 1 aromatic carbocycles. The monoisotopic (exact) mass is 401 g/mol. The van der Waals surface area contributed by atoms with Gasteiger partial charge < -0.3 is 9.64 Å². The van der Waals surface area contributed by atoms with E-state index < -0.39 is 5.60 Å². The fourth-order valence-corrected chi connectivity index (χ4v) is 3.94. The van der Waals surface area contributed by atoms with Crippen LogP contribution in [-0.4, -0.2) is 34.0 Å². The Bertz CT molecular complexity index is 866. The van der Waals surface area contributed by atoms with Crippen molar-refractivity contribution >= 4 is 28.5 Å². The zero-order chi connectivity index (χ0) is 20.5. The lowest BCUT2D eigenvalue weighted by molar-refractivity contribution is 0.0225. The van der Waals surface area contributed by atoms with Gasteiger partial charge in [0.15, 0.2) is 5.13 Å². The van der Waals surface area contributed by atoms with Crippen molar-refractivity contribution in [3.8, 4) is 0 Å². The summed E-state index contributed by atoms with van der Waals surface area (Å²) in [6.07, 6.45) is 0.340. The molecule has 150 valence electrons. The van der Waals surface area contributed by atoms with Crippen molar-refractivity contribution in [3.05, 3.63) is 46.0 Å². The Morgan fingerprint density at radius 1 is 1.21 bits per heavy atom. The minimum absolute atomic E-state index is 0.176. The quantitative estimate of drug-likeness (QED) is 0.801. The second-order valence-electron chi connectivity index (χ2n) is 8.27. The van der Waals surface area contributed by atoms with Crippen molar-refractivity contribution in [1.82, 2.24) is 9.88 Å². The lowest BCUT2D eigenvalue weighted by atomic mass is 10.0. The number of carbonyl (C=O) groups excluding carboxylic acids is 2. The number of aromatic nitrogens is 1. The Morgan fingerprint density at radius 3 is 2.50 bits per heavy atom. The summed E-state index contributed by atoms with van der Waals surface area (Å²) in [5.41, 5.74) is 2.22. The molecule has 0 saturated carbocycles. The van der Waals surface area contributed by atoms with Crippen LogP contribution in [-0.2, 0) is 17.7 Å². The van der Waals surface area contributed by atoms with E-state index in [1.165, 1.54) is 16.9 Å². The van der Waals surface area contributed by atoms with E-state index in [1.54, 1.807) is 4.90 Å². The highest BCUT2D eigenvalue weighted by Gasteiger charge is 2.28. The largest absolute Gasteiger partial charge is 0.444 e. The number of thiazole rings is 1. The number of rotatable bonds is 3. The summed E-state index contributed by atoms with van der Waals surface area (Å²) >= 11 is 1.41. The van der Waals surface area contributed by atoms with Gasteiger partial charge in [0.05, 0.1) is 12.2 Å². The average molecular weight is 402 g/mol. The predicted molar refractivity (Wildman–Crippen MR) is 111 cm³/mol. The van der Waals surface area contributed by atoms with Gasteiger partial charge in [0.1, 0.15) is 5.60 Å². The van der Waals surface area contributed by atoms with E-state index in [-0.39, 0.29) is 12.0 Å². The van der Waals surface area contributed by atoms with Crippen LogP contribution < -0.4 is 5.32 Å². The second kappa shape index (κ2) is 7.91. The van der Waals surface area contributed by atoms with Crippen LogP contribution in [0, 0.1) is 0 Å². The molecule has 2 aromatic rings. The molecule has 2 heterocycles. The Labute approximate surface area is 169 Å². The van der Waals surface area contributed by atoms with Crippen molar-refractivity contribution in [2.75, 3.05) is 11.9 Å². The van der Waals surface area contributed by atoms with E-state index in [0.717, 1.165) is 10.6 Å². The number of hydrogen-bond acceptors (Lipinski definition) is 5. The first-order chi connectivity index (χ1) is 13.1. The van der Waals surface area contributed by atoms with Gasteiger partial charge in [-0.1, -0.05) is 37.3 Å². The maximum absolute atomic E-state index is 12.5. The van der Waals surface area contributed by atoms with Crippen LogP contribution >= 0.6 is 11.3 Å². The van der Waals surface area contributed by atoms with Gasteiger partial charge in [-0.05, 0) is 44.4 Å². The lowest BCUT2D eigenvalue weighted by Gasteiger charge is -2.29. The van der Waals surface area contributed by atoms with E-state index in [4.69, 9.17) is 4.74 Å². The van der Waals surface area contributed by atoms with Crippen molar-refractivity contribution in [3.63, 3.8) is 0 Å². The summed E-state index contributed by atoms with van der Waals surface area (Å²) in [6, 6.07) is 7.63. The summed E-state index contributed by atoms with van der Waals surface area (Å²) < 4.78 is 5.45. The number of fused-ring (bicyclic) bond motifs is 1. The van der Waals surface area contributed by atoms with Crippen LogP contribution in [0.15, 0.2) is 24.3 Å². The smallest absolute Gasteiger partial charge is 0.410 e. The molecule has 0 aliphatic carbocycles. The first kappa shape index (κ1) is 20.3. The predicted octanol–water partition coefficient (Wildman–Crippen LogP) is 4.81. The minimum atomic E-state index is -0.519. The molecule has 1 aromatic heterocycles. The molecular weight excluding hydrogens is 374 g/mol. The van der Waals surface area contributed by atoms with Gasteiger partial charge in [-0.2, -0.15) is 0 Å². The van der Waals surface area contributed by atoms with Crippen LogP contribution in [0.1, 0.15) is 67.0 Å². The van der Waals surface area contributed by atoms with Crippen LogP contribution in [0.25, 0.3) is 0 Å². The zero-order valence-electron chi connectivity index (χ0n) is 17.0. The van der Waals surface area contributed by atoms with Gasteiger partial charge in [-0.25, -0.2) is 9.78 Å². The topological polar surface area (TPSA) is 71.5 Å². The van der Waals surface area contributed by atoms with Gasteiger partial charge in [0.2, 0.25) is 0 Å². The third kappa shape index (κ3) is 4.90. The number of hydrogen-bond donors (Lipinski definition) is 1. The van der Waals surface area contributed by atoms with Crippen LogP contribution in [0.2, 0.25) is 0 Å². The number of carbonyl (C=O) groups is 2. The van der Waals surface area contributed by atoms with E-state index in [9.17, 15) is 9.59 Å². The van der Waals surface area contributed by atoms with Crippen molar-refractivity contribution in [2.24, 2.45) is 0 Å². The van der Waals surface area contributed by atoms with E-state index in [0.29, 0.717) is 36.1 Å². The number of nitrogens with one attached hydrogen (secondary N) is 1. The number of ether oxygens (including phenoxy) is 1. The Morgan fingerprint density at radius 2 is 1.89 bits per heavy atom. The molecule has 3 rings (SSSR count). The Balaban J connectivity index is 1.65. The number of anilines is 1. The molecule has 1 aliphatic rings. The van der Waals surface area contributed by atoms with Gasteiger partial charge >= 0.3 is 6.09 Å². The van der Waals surface area contributed by atoms with E-state index in [1.807, 2.05) is 45.0 Å². The van der Waals surface area contributed by atoms with Gasteiger partial charge in [-0.15, -0.1) is 0 Å². The van der Waals surface area contributed by atoms with E-state index in [2.05, 4.69) is 24.1 Å². The van der Waals surface area contributed by atoms with Gasteiger partial charge in [0.25, 0.3) is 5.91 Å². The van der Waals surface area contributed by atoms with Crippen LogP contribution in [0.4, 0.5) is 9.93 Å². The third-order valence-electron chi connectivity index (χ3n) is 4.44. The SMILES string of the molecule is CC(C)c1ccc(C(=O)Nc2nc3c(s2)CN(C(=O)OC(C)(C)C)CC3)cc1. The van der Waals surface area contributed by atoms with Crippen LogP contribution in [0.5, 0.6) is 0 Å². The molecule has 1 aliphatic heterocycles. The normalized spacial score (nSPS) is 14.0. The average Bonchev–Trinajstić information content (AvgIpc) is 3.01. The Kier molecular flexibility index (Phi) is 5.74. The molecule has 0 spiro atoms. The molecule has 6 nitrogen and oxygen atoms in total. The van der Waals surface area contributed by atoms with E-state index >= 15 is 0 Å². The second-order valence-corrected chi connectivity index (χ2v) is 9.36. The van der Waals surface area contributed by atoms with Gasteiger partial charge in [-0.3, -0.25) is 10.1 Å². The molecule has 0 fully saturated rings. The standard InChI is InChI=1S/C21H27N3O3S/c1-13(2)14-6-8-15(9-7-14)18(25)23-19-22-16-10-11-24(12-17(16)28-19)20(26)27-21(3,4)5/h6-9,13H,10-12H2,1-5H3,(H,22,23,25). The third-order valence-corrected chi connectivity index (χ3v) is 5.44. The van der Waals surface area contributed by atoms with Crippen molar-refractivity contribution < 1.29 is 14.3 Å². The molecule has 7 heteroatoms. The summed E-state index contributed by atoms with van der Waals surface area (Å²) in [5.74, 6) is 0.251. The zero-order valence-corrected chi connectivity index (χ0v) is 17.9. The molecule has 0 bridgehead atoms. The molecule has 0 unspecified atom stereocenters. The van der Waals surface area contributed by atoms with Crippen molar-refractivity contribution in [2.45, 2.75) is 59.1 Å². The summed E-state index contributed by atoms with van der Waals surface area (Å²) in [6.45, 7) is 10.8. The first-order valence-electron chi connectivity index (χ1n) is 9.50. The first-order valence-corrected chi connectivity index (χ1v) is 10.3.